The average molecular weight is 354 g/mol. The summed E-state index contributed by atoms with van der Waals surface area (Å²) in [5.74, 6) is 0. The van der Waals surface area contributed by atoms with Gasteiger partial charge in [-0.25, -0.2) is 0 Å². The zero-order valence-corrected chi connectivity index (χ0v) is 15.2. The molecule has 2 aliphatic rings. The van der Waals surface area contributed by atoms with Crippen molar-refractivity contribution in [2.24, 2.45) is 4.99 Å². The molecule has 1 heterocycles. The molecule has 0 spiro atoms. The summed E-state index contributed by atoms with van der Waals surface area (Å²) in [6, 6.07) is 25.9. The van der Waals surface area contributed by atoms with Gasteiger partial charge in [-0.3, -0.25) is 9.89 Å². The quantitative estimate of drug-likeness (QED) is 0.629. The van der Waals surface area contributed by atoms with Crippen LogP contribution in [-0.4, -0.2) is 37.4 Å². The van der Waals surface area contributed by atoms with Crippen LogP contribution in [-0.2, 0) is 4.74 Å². The van der Waals surface area contributed by atoms with Crippen LogP contribution >= 0.6 is 0 Å². The van der Waals surface area contributed by atoms with Crippen molar-refractivity contribution in [2.75, 3.05) is 26.3 Å². The number of benzene rings is 3. The molecule has 1 aliphatic heterocycles. The minimum atomic E-state index is 0.298. The van der Waals surface area contributed by atoms with Gasteiger partial charge < -0.3 is 4.74 Å². The van der Waals surface area contributed by atoms with Crippen LogP contribution in [0.2, 0.25) is 0 Å². The molecule has 3 nitrogen and oxygen atoms in total. The number of aliphatic imine (C=N–C) groups is 1. The van der Waals surface area contributed by atoms with Gasteiger partial charge in [0, 0.05) is 19.3 Å². The first-order valence-corrected chi connectivity index (χ1v) is 9.54. The van der Waals surface area contributed by atoms with Gasteiger partial charge in [0.25, 0.3) is 0 Å². The number of ether oxygens (including phenoxy) is 1. The van der Waals surface area contributed by atoms with E-state index in [9.17, 15) is 0 Å². The Morgan fingerprint density at radius 1 is 0.815 bits per heavy atom. The molecule has 0 aromatic heterocycles. The van der Waals surface area contributed by atoms with Gasteiger partial charge in [-0.1, -0.05) is 60.7 Å². The lowest BCUT2D eigenvalue weighted by atomic mass is 10.0. The van der Waals surface area contributed by atoms with Gasteiger partial charge in [0.2, 0.25) is 0 Å². The molecular formula is C24H22N2O. The van der Waals surface area contributed by atoms with Crippen LogP contribution in [0.3, 0.4) is 0 Å². The lowest BCUT2D eigenvalue weighted by Crippen LogP contribution is -2.38. The van der Waals surface area contributed by atoms with Gasteiger partial charge in [-0.15, -0.1) is 0 Å². The van der Waals surface area contributed by atoms with E-state index < -0.39 is 0 Å². The monoisotopic (exact) mass is 354 g/mol. The largest absolute Gasteiger partial charge is 0.379 e. The van der Waals surface area contributed by atoms with E-state index in [4.69, 9.17) is 9.73 Å². The highest BCUT2D eigenvalue weighted by Gasteiger charge is 2.33. The van der Waals surface area contributed by atoms with Gasteiger partial charge >= 0.3 is 0 Å². The Labute approximate surface area is 159 Å². The molecule has 0 bridgehead atoms. The first-order chi connectivity index (χ1) is 13.4. The summed E-state index contributed by atoms with van der Waals surface area (Å²) in [6.07, 6.45) is 1.94. The normalized spacial score (nSPS) is 19.2. The van der Waals surface area contributed by atoms with Crippen LogP contribution in [0.1, 0.15) is 22.7 Å². The molecule has 1 atom stereocenters. The van der Waals surface area contributed by atoms with Crippen LogP contribution in [0, 0.1) is 0 Å². The van der Waals surface area contributed by atoms with Crippen molar-refractivity contribution < 1.29 is 4.74 Å². The fourth-order valence-electron chi connectivity index (χ4n) is 4.17. The summed E-state index contributed by atoms with van der Waals surface area (Å²) in [4.78, 5) is 7.27. The number of rotatable bonds is 3. The number of hydrogen-bond donors (Lipinski definition) is 0. The molecule has 3 aromatic rings. The van der Waals surface area contributed by atoms with E-state index in [-0.39, 0.29) is 0 Å². The zero-order valence-electron chi connectivity index (χ0n) is 15.2. The third-order valence-electron chi connectivity index (χ3n) is 5.45. The fraction of sp³-hybridized carbons (Fsp3) is 0.208. The Kier molecular flexibility index (Phi) is 4.32. The molecule has 27 heavy (non-hydrogen) atoms. The first-order valence-electron chi connectivity index (χ1n) is 9.54. The standard InChI is InChI=1S/C24H22N2O/c1-2-6-18(7-3-1)17-25-19-10-11-21-20-8-4-5-9-22(20)24(23(21)16-19)26-12-14-27-15-13-26/h1-11,16-17,24H,12-15H2/t24-/m1/s1. The molecule has 1 fully saturated rings. The van der Waals surface area contributed by atoms with Crippen molar-refractivity contribution in [1.82, 2.24) is 4.90 Å². The number of fused-ring (bicyclic) bond motifs is 3. The van der Waals surface area contributed by atoms with Crippen molar-refractivity contribution in [2.45, 2.75) is 6.04 Å². The molecule has 0 radical (unpaired) electrons. The summed E-state index contributed by atoms with van der Waals surface area (Å²) < 4.78 is 5.58. The maximum absolute atomic E-state index is 5.58. The fourth-order valence-corrected chi connectivity index (χ4v) is 4.17. The maximum atomic E-state index is 5.58. The average Bonchev–Trinajstić information content (AvgIpc) is 3.07. The van der Waals surface area contributed by atoms with Crippen LogP contribution in [0.4, 0.5) is 5.69 Å². The van der Waals surface area contributed by atoms with Crippen LogP contribution in [0.25, 0.3) is 11.1 Å². The second-order valence-electron chi connectivity index (χ2n) is 7.08. The minimum Gasteiger partial charge on any atom is -0.379 e. The minimum absolute atomic E-state index is 0.298. The van der Waals surface area contributed by atoms with Gasteiger partial charge in [0.05, 0.1) is 24.9 Å². The predicted octanol–water partition coefficient (Wildman–Crippen LogP) is 4.84. The summed E-state index contributed by atoms with van der Waals surface area (Å²) in [5, 5.41) is 0. The van der Waals surface area contributed by atoms with E-state index >= 15 is 0 Å². The van der Waals surface area contributed by atoms with E-state index in [0.717, 1.165) is 37.6 Å². The molecule has 0 unspecified atom stereocenters. The summed E-state index contributed by atoms with van der Waals surface area (Å²) in [7, 11) is 0. The summed E-state index contributed by atoms with van der Waals surface area (Å²) in [6.45, 7) is 3.55. The SMILES string of the molecule is C(=Nc1ccc2c(c1)[C@H](N1CCOCC1)c1ccccc1-2)c1ccccc1. The predicted molar refractivity (Wildman–Crippen MR) is 110 cm³/mol. The molecule has 0 N–H and O–H groups in total. The van der Waals surface area contributed by atoms with Gasteiger partial charge in [0.15, 0.2) is 0 Å². The smallest absolute Gasteiger partial charge is 0.0633 e. The summed E-state index contributed by atoms with van der Waals surface area (Å²) in [5.41, 5.74) is 7.57. The van der Waals surface area contributed by atoms with E-state index in [2.05, 4.69) is 59.5 Å². The highest BCUT2D eigenvalue weighted by Crippen LogP contribution is 2.47. The van der Waals surface area contributed by atoms with Gasteiger partial charge in [-0.05, 0) is 39.9 Å². The van der Waals surface area contributed by atoms with Crippen LogP contribution < -0.4 is 0 Å². The van der Waals surface area contributed by atoms with E-state index in [1.54, 1.807) is 0 Å². The maximum Gasteiger partial charge on any atom is 0.0633 e. The number of morpholine rings is 1. The Bertz CT molecular complexity index is 975. The number of hydrogen-bond acceptors (Lipinski definition) is 3. The molecule has 3 aromatic carbocycles. The third-order valence-corrected chi connectivity index (χ3v) is 5.45. The van der Waals surface area contributed by atoms with Crippen molar-refractivity contribution in [1.29, 1.82) is 0 Å². The number of nitrogens with zero attached hydrogens (tertiary/aromatic N) is 2. The van der Waals surface area contributed by atoms with Crippen molar-refractivity contribution in [3.8, 4) is 11.1 Å². The van der Waals surface area contributed by atoms with Crippen LogP contribution in [0.5, 0.6) is 0 Å². The third kappa shape index (κ3) is 3.09. The molecule has 5 rings (SSSR count). The van der Waals surface area contributed by atoms with E-state index in [0.29, 0.717) is 6.04 Å². The Morgan fingerprint density at radius 2 is 1.56 bits per heavy atom. The molecule has 3 heteroatoms. The second kappa shape index (κ2) is 7.10. The zero-order chi connectivity index (χ0) is 18.1. The molecular weight excluding hydrogens is 332 g/mol. The first kappa shape index (κ1) is 16.4. The van der Waals surface area contributed by atoms with Crippen molar-refractivity contribution >= 4 is 11.9 Å². The molecule has 0 saturated carbocycles. The molecule has 1 saturated heterocycles. The molecule has 134 valence electrons. The molecule has 1 aliphatic carbocycles. The second-order valence-corrected chi connectivity index (χ2v) is 7.08. The van der Waals surface area contributed by atoms with Crippen molar-refractivity contribution in [3.63, 3.8) is 0 Å². The summed E-state index contributed by atoms with van der Waals surface area (Å²) >= 11 is 0. The molecule has 0 amide bonds. The van der Waals surface area contributed by atoms with Crippen LogP contribution in [0.15, 0.2) is 77.8 Å². The highest BCUT2D eigenvalue weighted by atomic mass is 16.5. The van der Waals surface area contributed by atoms with Crippen molar-refractivity contribution in [3.05, 3.63) is 89.5 Å². The van der Waals surface area contributed by atoms with E-state index in [1.807, 2.05) is 24.4 Å². The Morgan fingerprint density at radius 3 is 2.41 bits per heavy atom. The van der Waals surface area contributed by atoms with Gasteiger partial charge in [0.1, 0.15) is 0 Å². The highest BCUT2D eigenvalue weighted by molar-refractivity contribution is 5.84. The topological polar surface area (TPSA) is 24.8 Å². The Hall–Kier alpha value is -2.75. The van der Waals surface area contributed by atoms with Gasteiger partial charge in [-0.2, -0.15) is 0 Å². The lowest BCUT2D eigenvalue weighted by molar-refractivity contribution is 0.0247. The Balaban J connectivity index is 1.54. The van der Waals surface area contributed by atoms with E-state index in [1.165, 1.54) is 22.3 Å². The lowest BCUT2D eigenvalue weighted by Gasteiger charge is -2.33.